The van der Waals surface area contributed by atoms with E-state index in [0.717, 1.165) is 29.5 Å². The van der Waals surface area contributed by atoms with Crippen LogP contribution in [-0.2, 0) is 0 Å². The molecule has 2 aromatic carbocycles. The number of hydrogen-bond acceptors (Lipinski definition) is 5. The number of carbonyl (C=O) groups is 2. The third-order valence-electron chi connectivity index (χ3n) is 7.06. The molecular formula is C24H25ClN4O3S. The van der Waals surface area contributed by atoms with Crippen LogP contribution in [-0.4, -0.2) is 34.7 Å². The number of aromatic nitrogens is 1. The van der Waals surface area contributed by atoms with Gasteiger partial charge in [-0.25, -0.2) is 14.7 Å². The van der Waals surface area contributed by atoms with Gasteiger partial charge in [0.1, 0.15) is 0 Å². The topological polar surface area (TPSA) is 109 Å². The fourth-order valence-corrected chi connectivity index (χ4v) is 6.77. The third kappa shape index (κ3) is 3.86. The maximum absolute atomic E-state index is 13.8. The van der Waals surface area contributed by atoms with Gasteiger partial charge in [-0.2, -0.15) is 0 Å². The minimum Gasteiger partial charge on any atom is -0.396 e. The molecule has 2 bridgehead atoms. The largest absolute Gasteiger partial charge is 0.396 e. The van der Waals surface area contributed by atoms with Crippen molar-refractivity contribution in [1.82, 2.24) is 10.3 Å². The molecule has 172 valence electrons. The Bertz CT molecular complexity index is 1230. The molecule has 2 aliphatic carbocycles. The van der Waals surface area contributed by atoms with E-state index < -0.39 is 5.91 Å². The molecule has 0 spiro atoms. The maximum atomic E-state index is 13.8. The van der Waals surface area contributed by atoms with E-state index in [2.05, 4.69) is 10.3 Å². The molecule has 4 N–H and O–H groups in total. The quantitative estimate of drug-likeness (QED) is 0.491. The summed E-state index contributed by atoms with van der Waals surface area (Å²) in [7, 11) is 0. The number of aliphatic hydroxyl groups is 1. The summed E-state index contributed by atoms with van der Waals surface area (Å²) in [5.74, 6) is 0.374. The van der Waals surface area contributed by atoms with E-state index in [-0.39, 0.29) is 24.6 Å². The Balaban J connectivity index is 1.56. The van der Waals surface area contributed by atoms with E-state index in [0.29, 0.717) is 38.8 Å². The predicted octanol–water partition coefficient (Wildman–Crippen LogP) is 4.61. The zero-order valence-corrected chi connectivity index (χ0v) is 19.7. The lowest BCUT2D eigenvalue weighted by atomic mass is 9.85. The van der Waals surface area contributed by atoms with Crippen LogP contribution in [0.1, 0.15) is 35.2 Å². The summed E-state index contributed by atoms with van der Waals surface area (Å²) in [4.78, 5) is 31.6. The molecule has 33 heavy (non-hydrogen) atoms. The van der Waals surface area contributed by atoms with Gasteiger partial charge in [-0.15, -0.1) is 0 Å². The molecule has 2 aliphatic rings. The van der Waals surface area contributed by atoms with Crippen molar-refractivity contribution in [2.75, 3.05) is 11.5 Å². The molecule has 2 fully saturated rings. The fourth-order valence-electron chi connectivity index (χ4n) is 5.46. The first-order chi connectivity index (χ1) is 15.9. The molecule has 7 nitrogen and oxygen atoms in total. The Morgan fingerprint density at radius 2 is 2.06 bits per heavy atom. The highest BCUT2D eigenvalue weighted by Gasteiger charge is 2.48. The zero-order valence-electron chi connectivity index (χ0n) is 18.1. The minimum absolute atomic E-state index is 0.0638. The van der Waals surface area contributed by atoms with Crippen molar-refractivity contribution in [2.45, 2.75) is 32.2 Å². The van der Waals surface area contributed by atoms with Crippen LogP contribution < -0.4 is 16.0 Å². The lowest BCUT2D eigenvalue weighted by Gasteiger charge is -2.33. The summed E-state index contributed by atoms with van der Waals surface area (Å²) >= 11 is 7.87. The van der Waals surface area contributed by atoms with Crippen molar-refractivity contribution in [3.05, 3.63) is 52.5 Å². The van der Waals surface area contributed by atoms with Gasteiger partial charge in [0.2, 0.25) is 5.91 Å². The number of anilines is 2. The van der Waals surface area contributed by atoms with Crippen molar-refractivity contribution in [1.29, 1.82) is 0 Å². The van der Waals surface area contributed by atoms with E-state index in [1.54, 1.807) is 24.3 Å². The number of carbonyl (C=O) groups excluding carboxylic acids is 2. The summed E-state index contributed by atoms with van der Waals surface area (Å²) in [6.07, 6.45) is 3.21. The first-order valence-corrected chi connectivity index (χ1v) is 12.2. The number of halogens is 1. The molecule has 0 radical (unpaired) electrons. The highest BCUT2D eigenvalue weighted by molar-refractivity contribution is 7.22. The van der Waals surface area contributed by atoms with Crippen molar-refractivity contribution < 1.29 is 14.7 Å². The number of thiazole rings is 1. The Morgan fingerprint density at radius 1 is 1.27 bits per heavy atom. The molecule has 3 amide bonds. The number of hydrogen-bond donors (Lipinski definition) is 3. The van der Waals surface area contributed by atoms with Gasteiger partial charge in [0.25, 0.3) is 0 Å². The number of fused-ring (bicyclic) bond motifs is 3. The van der Waals surface area contributed by atoms with Crippen molar-refractivity contribution in [3.63, 3.8) is 0 Å². The monoisotopic (exact) mass is 484 g/mol. The Morgan fingerprint density at radius 3 is 2.79 bits per heavy atom. The van der Waals surface area contributed by atoms with Crippen LogP contribution >= 0.6 is 22.9 Å². The van der Waals surface area contributed by atoms with Crippen LogP contribution in [0.25, 0.3) is 10.2 Å². The molecule has 4 atom stereocenters. The summed E-state index contributed by atoms with van der Waals surface area (Å²) in [6, 6.07) is 10.1. The number of aryl methyl sites for hydroxylation is 1. The molecule has 0 saturated heterocycles. The van der Waals surface area contributed by atoms with Crippen LogP contribution in [0.2, 0.25) is 5.02 Å². The van der Waals surface area contributed by atoms with E-state index in [4.69, 9.17) is 17.3 Å². The number of aliphatic hydroxyl groups excluding tert-OH is 1. The molecule has 2 saturated carbocycles. The average Bonchev–Trinajstić information content (AvgIpc) is 3.49. The number of urea groups is 1. The second-order valence-electron chi connectivity index (χ2n) is 8.94. The van der Waals surface area contributed by atoms with Crippen LogP contribution in [0.3, 0.4) is 0 Å². The van der Waals surface area contributed by atoms with Gasteiger partial charge in [-0.1, -0.05) is 35.1 Å². The van der Waals surface area contributed by atoms with Crippen LogP contribution in [0, 0.1) is 24.7 Å². The predicted molar refractivity (Wildman–Crippen MR) is 130 cm³/mol. The summed E-state index contributed by atoms with van der Waals surface area (Å²) < 4.78 is 0.747. The number of primary amides is 1. The van der Waals surface area contributed by atoms with Gasteiger partial charge in [0, 0.05) is 24.1 Å². The summed E-state index contributed by atoms with van der Waals surface area (Å²) in [6.45, 7) is 1.96. The Hall–Kier alpha value is -2.68. The number of benzene rings is 2. The highest BCUT2D eigenvalue weighted by Crippen LogP contribution is 2.48. The van der Waals surface area contributed by atoms with Crippen molar-refractivity contribution >= 4 is 55.9 Å². The Kier molecular flexibility index (Phi) is 5.76. The average molecular weight is 485 g/mol. The first-order valence-electron chi connectivity index (χ1n) is 11.0. The Labute approximate surface area is 200 Å². The number of nitrogens with one attached hydrogen (secondary N) is 1. The minimum atomic E-state index is -0.519. The van der Waals surface area contributed by atoms with Gasteiger partial charge in [0.05, 0.1) is 20.9 Å². The third-order valence-corrected chi connectivity index (χ3v) is 8.37. The lowest BCUT2D eigenvalue weighted by Crippen LogP contribution is -2.49. The number of nitrogens with zero attached hydrogens (tertiary/aromatic N) is 2. The van der Waals surface area contributed by atoms with Crippen molar-refractivity contribution in [2.24, 2.45) is 23.5 Å². The van der Waals surface area contributed by atoms with E-state index >= 15 is 0 Å². The van der Waals surface area contributed by atoms with Crippen LogP contribution in [0.15, 0.2) is 36.4 Å². The van der Waals surface area contributed by atoms with E-state index in [9.17, 15) is 14.7 Å². The normalized spacial score (nSPS) is 23.7. The molecule has 5 rings (SSSR count). The molecule has 1 heterocycles. The van der Waals surface area contributed by atoms with E-state index in [1.165, 1.54) is 16.2 Å². The number of para-hydroxylation sites is 1. The van der Waals surface area contributed by atoms with Gasteiger partial charge in [-0.3, -0.25) is 4.79 Å². The molecule has 1 aromatic heterocycles. The molecule has 0 aliphatic heterocycles. The standard InChI is InChI=1S/C24H25ClN4O3S/c1-12-3-2-4-17(25)21(12)29(23(32)28-20-14-6-5-13(9-14)16(20)11-30)24-27-18-8-7-15(22(26)31)10-19(18)33-24/h2-4,7-8,10,13-14,16,20,30H,5-6,9,11H2,1H3,(H2,26,31)(H,28,32). The number of amides is 3. The van der Waals surface area contributed by atoms with Gasteiger partial charge >= 0.3 is 6.03 Å². The smallest absolute Gasteiger partial charge is 0.328 e. The van der Waals surface area contributed by atoms with Crippen molar-refractivity contribution in [3.8, 4) is 0 Å². The second-order valence-corrected chi connectivity index (χ2v) is 10.4. The SMILES string of the molecule is Cc1cccc(Cl)c1N(C(=O)NC1C2CCC(C2)C1CO)c1nc2ccc(C(N)=O)cc2s1. The van der Waals surface area contributed by atoms with Crippen LogP contribution in [0.4, 0.5) is 15.6 Å². The summed E-state index contributed by atoms with van der Waals surface area (Å²) in [5.41, 5.74) is 7.88. The fraction of sp³-hybridized carbons (Fsp3) is 0.375. The zero-order chi connectivity index (χ0) is 23.3. The highest BCUT2D eigenvalue weighted by atomic mass is 35.5. The molecule has 4 unspecified atom stereocenters. The number of nitrogens with two attached hydrogens (primary N) is 1. The van der Waals surface area contributed by atoms with E-state index in [1.807, 2.05) is 19.1 Å². The molecule has 3 aromatic rings. The lowest BCUT2D eigenvalue weighted by molar-refractivity contribution is 0.100. The number of rotatable bonds is 5. The maximum Gasteiger partial charge on any atom is 0.328 e. The molecular weight excluding hydrogens is 460 g/mol. The van der Waals surface area contributed by atoms with Gasteiger partial charge < -0.3 is 16.2 Å². The summed E-state index contributed by atoms with van der Waals surface area (Å²) in [5, 5.41) is 14.0. The van der Waals surface area contributed by atoms with Gasteiger partial charge in [0.15, 0.2) is 5.13 Å². The van der Waals surface area contributed by atoms with Gasteiger partial charge in [-0.05, 0) is 67.9 Å². The second kappa shape index (κ2) is 8.59. The first kappa shape index (κ1) is 22.1. The van der Waals surface area contributed by atoms with Crippen LogP contribution in [0.5, 0.6) is 0 Å². The molecule has 9 heteroatoms.